The molecule has 0 aliphatic carbocycles. The SMILES string of the molecule is COc1cc(CN2CCN[C@H](C)C2)ccc1OCc1ccncc1. The fourth-order valence-electron chi connectivity index (χ4n) is 2.98. The maximum Gasteiger partial charge on any atom is 0.161 e. The number of nitrogens with one attached hydrogen (secondary N) is 1. The summed E-state index contributed by atoms with van der Waals surface area (Å²) >= 11 is 0. The molecule has 1 aromatic heterocycles. The van der Waals surface area contributed by atoms with Crippen molar-refractivity contribution in [2.45, 2.75) is 26.1 Å². The van der Waals surface area contributed by atoms with Crippen molar-refractivity contribution in [3.05, 3.63) is 53.9 Å². The van der Waals surface area contributed by atoms with Gasteiger partial charge in [0.25, 0.3) is 0 Å². The van der Waals surface area contributed by atoms with Gasteiger partial charge in [0, 0.05) is 44.6 Å². The molecule has 0 amide bonds. The van der Waals surface area contributed by atoms with Crippen LogP contribution in [-0.2, 0) is 13.2 Å². The van der Waals surface area contributed by atoms with Crippen LogP contribution in [0, 0.1) is 0 Å². The lowest BCUT2D eigenvalue weighted by molar-refractivity contribution is 0.199. The molecule has 24 heavy (non-hydrogen) atoms. The van der Waals surface area contributed by atoms with Crippen LogP contribution in [0.15, 0.2) is 42.7 Å². The molecule has 0 saturated carbocycles. The Balaban J connectivity index is 1.64. The van der Waals surface area contributed by atoms with Crippen molar-refractivity contribution < 1.29 is 9.47 Å². The smallest absolute Gasteiger partial charge is 0.161 e. The minimum absolute atomic E-state index is 0.507. The van der Waals surface area contributed by atoms with Crippen molar-refractivity contribution >= 4 is 0 Å². The summed E-state index contributed by atoms with van der Waals surface area (Å²) in [6.07, 6.45) is 3.54. The van der Waals surface area contributed by atoms with Gasteiger partial charge in [-0.1, -0.05) is 6.07 Å². The lowest BCUT2D eigenvalue weighted by Crippen LogP contribution is -2.48. The van der Waals surface area contributed by atoms with E-state index in [1.807, 2.05) is 18.2 Å². The highest BCUT2D eigenvalue weighted by Gasteiger charge is 2.16. The minimum Gasteiger partial charge on any atom is -0.493 e. The molecule has 1 saturated heterocycles. The Morgan fingerprint density at radius 1 is 1.17 bits per heavy atom. The number of methoxy groups -OCH3 is 1. The van der Waals surface area contributed by atoms with Gasteiger partial charge in [0.2, 0.25) is 0 Å². The zero-order chi connectivity index (χ0) is 16.8. The van der Waals surface area contributed by atoms with E-state index in [9.17, 15) is 0 Å². The van der Waals surface area contributed by atoms with E-state index in [-0.39, 0.29) is 0 Å². The number of aromatic nitrogens is 1. The Bertz CT molecular complexity index is 648. The van der Waals surface area contributed by atoms with E-state index in [0.29, 0.717) is 12.6 Å². The first kappa shape index (κ1) is 16.7. The minimum atomic E-state index is 0.507. The number of nitrogens with zero attached hydrogens (tertiary/aromatic N) is 2. The van der Waals surface area contributed by atoms with E-state index in [0.717, 1.165) is 43.2 Å². The molecule has 128 valence electrons. The molecule has 5 nitrogen and oxygen atoms in total. The van der Waals surface area contributed by atoms with E-state index < -0.39 is 0 Å². The average Bonchev–Trinajstić information content (AvgIpc) is 2.61. The molecule has 3 rings (SSSR count). The molecular weight excluding hydrogens is 302 g/mol. The van der Waals surface area contributed by atoms with Gasteiger partial charge in [-0.2, -0.15) is 0 Å². The summed E-state index contributed by atoms with van der Waals surface area (Å²) in [4.78, 5) is 6.48. The van der Waals surface area contributed by atoms with Crippen LogP contribution in [0.5, 0.6) is 11.5 Å². The second-order valence-electron chi connectivity index (χ2n) is 6.22. The molecule has 5 heteroatoms. The molecular formula is C19H25N3O2. The molecule has 1 aliphatic heterocycles. The summed E-state index contributed by atoms with van der Waals surface area (Å²) in [5, 5.41) is 3.47. The molecule has 0 spiro atoms. The topological polar surface area (TPSA) is 46.6 Å². The average molecular weight is 327 g/mol. The van der Waals surface area contributed by atoms with Gasteiger partial charge >= 0.3 is 0 Å². The number of hydrogen-bond donors (Lipinski definition) is 1. The number of hydrogen-bond acceptors (Lipinski definition) is 5. The zero-order valence-corrected chi connectivity index (χ0v) is 14.4. The van der Waals surface area contributed by atoms with E-state index >= 15 is 0 Å². The Morgan fingerprint density at radius 2 is 2.00 bits per heavy atom. The Labute approximate surface area is 143 Å². The van der Waals surface area contributed by atoms with E-state index in [4.69, 9.17) is 9.47 Å². The fourth-order valence-corrected chi connectivity index (χ4v) is 2.98. The van der Waals surface area contributed by atoms with Crippen LogP contribution in [0.3, 0.4) is 0 Å². The second-order valence-corrected chi connectivity index (χ2v) is 6.22. The summed E-state index contributed by atoms with van der Waals surface area (Å²) < 4.78 is 11.4. The Kier molecular flexibility index (Phi) is 5.67. The first-order valence-corrected chi connectivity index (χ1v) is 8.39. The van der Waals surface area contributed by atoms with Crippen LogP contribution in [0.25, 0.3) is 0 Å². The maximum absolute atomic E-state index is 5.90. The molecule has 0 bridgehead atoms. The largest absolute Gasteiger partial charge is 0.493 e. The monoisotopic (exact) mass is 327 g/mol. The van der Waals surface area contributed by atoms with Gasteiger partial charge in [-0.3, -0.25) is 9.88 Å². The van der Waals surface area contributed by atoms with Crippen molar-refractivity contribution in [2.24, 2.45) is 0 Å². The van der Waals surface area contributed by atoms with Gasteiger partial charge in [-0.25, -0.2) is 0 Å². The third-order valence-electron chi connectivity index (χ3n) is 4.23. The normalized spacial score (nSPS) is 18.3. The number of rotatable bonds is 6. The number of ether oxygens (including phenoxy) is 2. The summed E-state index contributed by atoms with van der Waals surface area (Å²) in [5.41, 5.74) is 2.34. The Hall–Kier alpha value is -2.11. The first-order chi connectivity index (χ1) is 11.7. The molecule has 0 radical (unpaired) electrons. The number of pyridine rings is 1. The van der Waals surface area contributed by atoms with Crippen LogP contribution in [0.1, 0.15) is 18.1 Å². The standard InChI is InChI=1S/C19H25N3O2/c1-15-12-22(10-9-21-15)13-17-3-4-18(19(11-17)23-2)24-14-16-5-7-20-8-6-16/h3-8,11,15,21H,9-10,12-14H2,1-2H3/t15-/m1/s1. The predicted molar refractivity (Wildman–Crippen MR) is 94.3 cm³/mol. The fraction of sp³-hybridized carbons (Fsp3) is 0.421. The highest BCUT2D eigenvalue weighted by molar-refractivity contribution is 5.43. The molecule has 2 heterocycles. The van der Waals surface area contributed by atoms with Gasteiger partial charge in [0.05, 0.1) is 7.11 Å². The van der Waals surface area contributed by atoms with Crippen molar-refractivity contribution in [1.29, 1.82) is 0 Å². The van der Waals surface area contributed by atoms with Gasteiger partial charge in [-0.05, 0) is 42.3 Å². The summed E-state index contributed by atoms with van der Waals surface area (Å²) in [6, 6.07) is 10.6. The molecule has 1 atom stereocenters. The zero-order valence-electron chi connectivity index (χ0n) is 14.4. The van der Waals surface area contributed by atoms with Crippen LogP contribution in [0.4, 0.5) is 0 Å². The second kappa shape index (κ2) is 8.13. The van der Waals surface area contributed by atoms with Gasteiger partial charge in [-0.15, -0.1) is 0 Å². The lowest BCUT2D eigenvalue weighted by Gasteiger charge is -2.31. The molecule has 1 fully saturated rings. The number of benzene rings is 1. The highest BCUT2D eigenvalue weighted by atomic mass is 16.5. The first-order valence-electron chi connectivity index (χ1n) is 8.39. The van der Waals surface area contributed by atoms with Crippen molar-refractivity contribution in [1.82, 2.24) is 15.2 Å². The van der Waals surface area contributed by atoms with E-state index in [1.54, 1.807) is 19.5 Å². The van der Waals surface area contributed by atoms with Crippen molar-refractivity contribution in [3.63, 3.8) is 0 Å². The van der Waals surface area contributed by atoms with Crippen LogP contribution < -0.4 is 14.8 Å². The van der Waals surface area contributed by atoms with E-state index in [1.165, 1.54) is 5.56 Å². The summed E-state index contributed by atoms with van der Waals surface area (Å²) in [7, 11) is 1.69. The molecule has 1 N–H and O–H groups in total. The summed E-state index contributed by atoms with van der Waals surface area (Å²) in [6.45, 7) is 6.87. The summed E-state index contributed by atoms with van der Waals surface area (Å²) in [5.74, 6) is 1.55. The predicted octanol–water partition coefficient (Wildman–Crippen LogP) is 2.46. The number of piperazine rings is 1. The van der Waals surface area contributed by atoms with Crippen molar-refractivity contribution in [2.75, 3.05) is 26.7 Å². The van der Waals surface area contributed by atoms with Gasteiger partial charge in [0.1, 0.15) is 6.61 Å². The molecule has 2 aromatic rings. The third-order valence-corrected chi connectivity index (χ3v) is 4.23. The lowest BCUT2D eigenvalue weighted by atomic mass is 10.1. The molecule has 0 unspecified atom stereocenters. The third kappa shape index (κ3) is 4.46. The highest BCUT2D eigenvalue weighted by Crippen LogP contribution is 2.29. The van der Waals surface area contributed by atoms with Crippen LogP contribution >= 0.6 is 0 Å². The Morgan fingerprint density at radius 3 is 2.75 bits per heavy atom. The maximum atomic E-state index is 5.90. The van der Waals surface area contributed by atoms with Gasteiger partial charge < -0.3 is 14.8 Å². The quantitative estimate of drug-likeness (QED) is 0.883. The van der Waals surface area contributed by atoms with Crippen LogP contribution in [-0.4, -0.2) is 42.7 Å². The molecule has 1 aromatic carbocycles. The van der Waals surface area contributed by atoms with Gasteiger partial charge in [0.15, 0.2) is 11.5 Å². The van der Waals surface area contributed by atoms with Crippen molar-refractivity contribution in [3.8, 4) is 11.5 Å². The van der Waals surface area contributed by atoms with Crippen LogP contribution in [0.2, 0.25) is 0 Å². The molecule has 1 aliphatic rings. The van der Waals surface area contributed by atoms with E-state index in [2.05, 4.69) is 34.3 Å².